The molecule has 1 saturated carbocycles. The summed E-state index contributed by atoms with van der Waals surface area (Å²) >= 11 is 0. The van der Waals surface area contributed by atoms with Crippen LogP contribution in [-0.2, 0) is 31.4 Å². The van der Waals surface area contributed by atoms with E-state index < -0.39 is 46.2 Å². The van der Waals surface area contributed by atoms with Crippen molar-refractivity contribution in [3.05, 3.63) is 173 Å². The quantitative estimate of drug-likeness (QED) is 0.187. The number of imide groups is 1. The number of benzene rings is 5. The summed E-state index contributed by atoms with van der Waals surface area (Å²) in [6.07, 6.45) is -4.69. The first-order chi connectivity index (χ1) is 22.7. The Labute approximate surface area is 268 Å². The molecule has 2 amide bonds. The molecule has 4 unspecified atom stereocenters. The first-order valence-electron chi connectivity index (χ1n) is 15.3. The summed E-state index contributed by atoms with van der Waals surface area (Å²) in [5, 5.41) is 0. The van der Waals surface area contributed by atoms with Crippen LogP contribution in [0.4, 0.5) is 18.9 Å². The van der Waals surface area contributed by atoms with Crippen molar-refractivity contribution in [2.75, 3.05) is 4.90 Å². The van der Waals surface area contributed by atoms with Gasteiger partial charge in [0, 0.05) is 0 Å². The number of fused-ring (bicyclic) bond motifs is 5. The maximum Gasteiger partial charge on any atom is 0.416 e. The van der Waals surface area contributed by atoms with Crippen molar-refractivity contribution in [2.45, 2.75) is 17.0 Å². The second-order valence-corrected chi connectivity index (χ2v) is 12.2. The van der Waals surface area contributed by atoms with Gasteiger partial charge in [-0.05, 0) is 51.6 Å². The van der Waals surface area contributed by atoms with Gasteiger partial charge in [0.05, 0.1) is 33.9 Å². The standard InChI is InChI=1S/C40H26F3NO3/c41-40(42,43)29-22-13-23-30(24-29)44-35(45)33-34(36(44)46)39(28-20-11-4-12-21-28)32(26-16-7-2-8-17-26)31(25-14-5-1-6-15-25)38(33,37(39)47)27-18-9-3-10-19-27/h1-24,33-34H. The topological polar surface area (TPSA) is 54.5 Å². The van der Waals surface area contributed by atoms with Gasteiger partial charge in [-0.25, -0.2) is 4.90 Å². The van der Waals surface area contributed by atoms with Gasteiger partial charge in [-0.15, -0.1) is 0 Å². The van der Waals surface area contributed by atoms with E-state index in [1.807, 2.05) is 72.8 Å². The van der Waals surface area contributed by atoms with E-state index in [0.717, 1.165) is 28.2 Å². The Hall–Kier alpha value is -5.56. The Morgan fingerprint density at radius 3 is 1.32 bits per heavy atom. The van der Waals surface area contributed by atoms with Crippen molar-refractivity contribution < 1.29 is 27.6 Å². The third-order valence-electron chi connectivity index (χ3n) is 10.0. The van der Waals surface area contributed by atoms with Gasteiger partial charge < -0.3 is 0 Å². The number of hydrogen-bond acceptors (Lipinski definition) is 3. The van der Waals surface area contributed by atoms with Crippen LogP contribution in [0.3, 0.4) is 0 Å². The smallest absolute Gasteiger partial charge is 0.297 e. The van der Waals surface area contributed by atoms with Gasteiger partial charge in [0.25, 0.3) is 0 Å². The van der Waals surface area contributed by atoms with Crippen LogP contribution in [0.1, 0.15) is 27.8 Å². The zero-order chi connectivity index (χ0) is 32.6. The molecule has 0 aromatic heterocycles. The van der Waals surface area contributed by atoms with Crippen LogP contribution in [-0.4, -0.2) is 17.6 Å². The predicted octanol–water partition coefficient (Wildman–Crippen LogP) is 7.89. The summed E-state index contributed by atoms with van der Waals surface area (Å²) < 4.78 is 41.6. The fourth-order valence-corrected chi connectivity index (χ4v) is 8.41. The highest BCUT2D eigenvalue weighted by atomic mass is 19.4. The lowest BCUT2D eigenvalue weighted by Crippen LogP contribution is -2.45. The molecule has 5 aromatic carbocycles. The van der Waals surface area contributed by atoms with E-state index in [2.05, 4.69) is 0 Å². The van der Waals surface area contributed by atoms with Crippen molar-refractivity contribution >= 4 is 34.4 Å². The second kappa shape index (κ2) is 10.2. The Balaban J connectivity index is 1.52. The van der Waals surface area contributed by atoms with E-state index in [9.17, 15) is 22.8 Å². The first kappa shape index (κ1) is 28.9. The van der Waals surface area contributed by atoms with Crippen LogP contribution in [0, 0.1) is 11.8 Å². The third kappa shape index (κ3) is 3.74. The number of anilines is 1. The van der Waals surface area contributed by atoms with Crippen molar-refractivity contribution in [1.82, 2.24) is 0 Å². The number of rotatable bonds is 5. The molecule has 1 aliphatic heterocycles. The normalized spacial score (nSPS) is 25.1. The average Bonchev–Trinajstić information content (AvgIpc) is 3.61. The summed E-state index contributed by atoms with van der Waals surface area (Å²) in [5.41, 5.74) is -0.621. The Morgan fingerprint density at radius 1 is 0.511 bits per heavy atom. The molecule has 230 valence electrons. The largest absolute Gasteiger partial charge is 0.416 e. The molecule has 1 saturated heterocycles. The molecule has 0 N–H and O–H groups in total. The number of amides is 2. The summed E-state index contributed by atoms with van der Waals surface area (Å²) in [7, 11) is 0. The molecule has 1 heterocycles. The monoisotopic (exact) mass is 625 g/mol. The minimum absolute atomic E-state index is 0.176. The van der Waals surface area contributed by atoms with Crippen molar-refractivity contribution in [2.24, 2.45) is 11.8 Å². The number of Topliss-reactive ketones (excluding diaryl/α,β-unsaturated/α-hetero) is 1. The zero-order valence-electron chi connectivity index (χ0n) is 24.8. The number of allylic oxidation sites excluding steroid dienone is 2. The zero-order valence-corrected chi connectivity index (χ0v) is 24.8. The molecule has 3 aliphatic rings. The minimum Gasteiger partial charge on any atom is -0.297 e. The Kier molecular flexibility index (Phi) is 6.28. The van der Waals surface area contributed by atoms with Gasteiger partial charge >= 0.3 is 6.18 Å². The molecule has 2 bridgehead atoms. The minimum atomic E-state index is -4.69. The number of alkyl halides is 3. The molecular weight excluding hydrogens is 599 g/mol. The van der Waals surface area contributed by atoms with Crippen molar-refractivity contribution in [3.63, 3.8) is 0 Å². The molecule has 5 aromatic rings. The average molecular weight is 626 g/mol. The Morgan fingerprint density at radius 2 is 0.915 bits per heavy atom. The summed E-state index contributed by atoms with van der Waals surface area (Å²) in [6.45, 7) is 0. The van der Waals surface area contributed by atoms with E-state index in [0.29, 0.717) is 22.3 Å². The lowest BCUT2D eigenvalue weighted by Gasteiger charge is -2.39. The van der Waals surface area contributed by atoms with Gasteiger partial charge in [0.2, 0.25) is 11.8 Å². The summed E-state index contributed by atoms with van der Waals surface area (Å²) in [6, 6.07) is 41.1. The van der Waals surface area contributed by atoms with Crippen LogP contribution >= 0.6 is 0 Å². The molecule has 2 fully saturated rings. The van der Waals surface area contributed by atoms with E-state index in [4.69, 9.17) is 0 Å². The van der Waals surface area contributed by atoms with Crippen LogP contribution < -0.4 is 4.90 Å². The third-order valence-corrected chi connectivity index (χ3v) is 10.0. The first-order valence-corrected chi connectivity index (χ1v) is 15.3. The number of ketones is 1. The molecule has 0 spiro atoms. The second-order valence-electron chi connectivity index (χ2n) is 12.2. The predicted molar refractivity (Wildman–Crippen MR) is 172 cm³/mol. The van der Waals surface area contributed by atoms with Gasteiger partial charge in [0.15, 0.2) is 5.78 Å². The molecule has 2 aliphatic carbocycles. The van der Waals surface area contributed by atoms with Crippen LogP contribution in [0.25, 0.3) is 11.1 Å². The highest BCUT2D eigenvalue weighted by Crippen LogP contribution is 2.74. The number of carbonyl (C=O) groups is 3. The lowest BCUT2D eigenvalue weighted by molar-refractivity contribution is -0.137. The molecular formula is C40H26F3NO3. The molecule has 0 radical (unpaired) electrons. The van der Waals surface area contributed by atoms with Gasteiger partial charge in [-0.3, -0.25) is 14.4 Å². The molecule has 7 heteroatoms. The van der Waals surface area contributed by atoms with Crippen LogP contribution in [0.15, 0.2) is 146 Å². The van der Waals surface area contributed by atoms with Gasteiger partial charge in [0.1, 0.15) is 0 Å². The van der Waals surface area contributed by atoms with Crippen LogP contribution in [0.5, 0.6) is 0 Å². The maximum atomic E-state index is 15.8. The fraction of sp³-hybridized carbons (Fsp3) is 0.125. The molecule has 47 heavy (non-hydrogen) atoms. The molecule has 8 rings (SSSR count). The summed E-state index contributed by atoms with van der Waals surface area (Å²) in [5.74, 6) is -4.13. The SMILES string of the molecule is O=C1C2C(C(=O)N1c1cccc(C(F)(F)F)c1)C1(c3ccccc3)C(=O)C2(c2ccccc2)C(c2ccccc2)=C1c1ccccc1. The maximum absolute atomic E-state index is 15.8. The van der Waals surface area contributed by atoms with Crippen molar-refractivity contribution in [1.29, 1.82) is 0 Å². The fourth-order valence-electron chi connectivity index (χ4n) is 8.41. The van der Waals surface area contributed by atoms with E-state index >= 15 is 4.79 Å². The van der Waals surface area contributed by atoms with E-state index in [-0.39, 0.29) is 11.5 Å². The lowest BCUT2D eigenvalue weighted by atomic mass is 9.59. The highest BCUT2D eigenvalue weighted by molar-refractivity contribution is 6.39. The number of hydrogen-bond donors (Lipinski definition) is 0. The number of halogens is 3. The highest BCUT2D eigenvalue weighted by Gasteiger charge is 2.82. The molecule has 4 atom stereocenters. The van der Waals surface area contributed by atoms with E-state index in [1.54, 1.807) is 48.5 Å². The van der Waals surface area contributed by atoms with E-state index in [1.165, 1.54) is 12.1 Å². The van der Waals surface area contributed by atoms with Gasteiger partial charge in [-0.1, -0.05) is 127 Å². The van der Waals surface area contributed by atoms with Gasteiger partial charge in [-0.2, -0.15) is 13.2 Å². The number of carbonyl (C=O) groups excluding carboxylic acids is 3. The Bertz CT molecular complexity index is 1970. The summed E-state index contributed by atoms with van der Waals surface area (Å²) in [4.78, 5) is 46.5. The van der Waals surface area contributed by atoms with Crippen LogP contribution in [0.2, 0.25) is 0 Å². The molecule has 4 nitrogen and oxygen atoms in total. The van der Waals surface area contributed by atoms with Crippen molar-refractivity contribution in [3.8, 4) is 0 Å². The number of nitrogens with zero attached hydrogens (tertiary/aromatic N) is 1.